The maximum absolute atomic E-state index is 12.2. The highest BCUT2D eigenvalue weighted by Gasteiger charge is 2.19. The summed E-state index contributed by atoms with van der Waals surface area (Å²) in [7, 11) is 0. The molecule has 2 fully saturated rings. The minimum Gasteiger partial charge on any atom is -0.480 e. The van der Waals surface area contributed by atoms with Crippen LogP contribution in [0.1, 0.15) is 0 Å². The van der Waals surface area contributed by atoms with Gasteiger partial charge in [-0.15, -0.1) is 0 Å². The number of nitrogens with zero attached hydrogens (tertiary/aromatic N) is 2. The Morgan fingerprint density at radius 1 is 0.769 bits per heavy atom. The van der Waals surface area contributed by atoms with Gasteiger partial charge in [-0.25, -0.2) is 0 Å². The first-order chi connectivity index (χ1) is 12.7. The van der Waals surface area contributed by atoms with Crippen molar-refractivity contribution in [2.75, 3.05) is 65.8 Å². The zero-order valence-corrected chi connectivity index (χ0v) is 14.7. The van der Waals surface area contributed by atoms with Crippen molar-refractivity contribution in [1.29, 1.82) is 0 Å². The molecule has 0 aromatic heterocycles. The molecule has 0 aliphatic carbocycles. The molecule has 0 radical (unpaired) electrons. The highest BCUT2D eigenvalue weighted by atomic mass is 16.5. The van der Waals surface area contributed by atoms with Crippen molar-refractivity contribution in [3.05, 3.63) is 24.3 Å². The van der Waals surface area contributed by atoms with Crippen molar-refractivity contribution in [3.8, 4) is 11.5 Å². The standard InChI is InChI=1S/C18H24N2O6/c21-17(19-5-9-23-10-6-19)13-25-15-3-1-2-4-16(15)26-14-18(22)20-7-11-24-12-8-20/h1-4H,5-14H2. The molecule has 0 N–H and O–H groups in total. The Bertz CT molecular complexity index is 558. The molecule has 0 unspecified atom stereocenters. The third kappa shape index (κ3) is 5.09. The van der Waals surface area contributed by atoms with Gasteiger partial charge in [0.2, 0.25) is 0 Å². The van der Waals surface area contributed by atoms with Crippen LogP contribution in [-0.2, 0) is 19.1 Å². The van der Waals surface area contributed by atoms with E-state index in [1.54, 1.807) is 34.1 Å². The van der Waals surface area contributed by atoms with Gasteiger partial charge < -0.3 is 28.7 Å². The van der Waals surface area contributed by atoms with Gasteiger partial charge in [-0.05, 0) is 12.1 Å². The predicted molar refractivity (Wildman–Crippen MR) is 92.2 cm³/mol. The number of hydrogen-bond acceptors (Lipinski definition) is 6. The average molecular weight is 364 g/mol. The molecule has 8 nitrogen and oxygen atoms in total. The first-order valence-corrected chi connectivity index (χ1v) is 8.80. The fourth-order valence-electron chi connectivity index (χ4n) is 2.78. The van der Waals surface area contributed by atoms with Gasteiger partial charge in [0.25, 0.3) is 11.8 Å². The van der Waals surface area contributed by atoms with Gasteiger partial charge in [0.05, 0.1) is 26.4 Å². The smallest absolute Gasteiger partial charge is 0.260 e. The topological polar surface area (TPSA) is 77.5 Å². The summed E-state index contributed by atoms with van der Waals surface area (Å²) in [5.74, 6) is 0.716. The maximum atomic E-state index is 12.2. The molecule has 1 aromatic rings. The van der Waals surface area contributed by atoms with E-state index in [-0.39, 0.29) is 25.0 Å². The van der Waals surface area contributed by atoms with Gasteiger partial charge in [0.1, 0.15) is 0 Å². The minimum absolute atomic E-state index is 0.0716. The van der Waals surface area contributed by atoms with Crippen LogP contribution in [0.3, 0.4) is 0 Å². The molecule has 26 heavy (non-hydrogen) atoms. The van der Waals surface area contributed by atoms with Crippen LogP contribution in [-0.4, -0.2) is 87.4 Å². The van der Waals surface area contributed by atoms with Crippen molar-refractivity contribution in [1.82, 2.24) is 9.80 Å². The third-order valence-electron chi connectivity index (χ3n) is 4.28. The highest BCUT2D eigenvalue weighted by Crippen LogP contribution is 2.26. The zero-order chi connectivity index (χ0) is 18.2. The van der Waals surface area contributed by atoms with Crippen molar-refractivity contribution in [3.63, 3.8) is 0 Å². The van der Waals surface area contributed by atoms with Crippen molar-refractivity contribution >= 4 is 11.8 Å². The number of carbonyl (C=O) groups is 2. The van der Waals surface area contributed by atoms with Crippen molar-refractivity contribution in [2.24, 2.45) is 0 Å². The molecular weight excluding hydrogens is 340 g/mol. The van der Waals surface area contributed by atoms with Crippen LogP contribution in [0.5, 0.6) is 11.5 Å². The van der Waals surface area contributed by atoms with Gasteiger partial charge in [0.15, 0.2) is 24.7 Å². The van der Waals surface area contributed by atoms with E-state index in [2.05, 4.69) is 0 Å². The van der Waals surface area contributed by atoms with Crippen LogP contribution in [0.2, 0.25) is 0 Å². The summed E-state index contributed by atoms with van der Waals surface area (Å²) in [6.45, 7) is 4.37. The second-order valence-electron chi connectivity index (χ2n) is 6.01. The van der Waals surface area contributed by atoms with E-state index in [1.807, 2.05) is 0 Å². The summed E-state index contributed by atoms with van der Waals surface area (Å²) >= 11 is 0. The number of hydrogen-bond donors (Lipinski definition) is 0. The Morgan fingerprint density at radius 3 is 1.54 bits per heavy atom. The van der Waals surface area contributed by atoms with Crippen molar-refractivity contribution < 1.29 is 28.5 Å². The fraction of sp³-hybridized carbons (Fsp3) is 0.556. The molecule has 2 aliphatic heterocycles. The first-order valence-electron chi connectivity index (χ1n) is 8.80. The maximum Gasteiger partial charge on any atom is 0.260 e. The molecule has 0 saturated carbocycles. The van der Waals surface area contributed by atoms with E-state index in [0.29, 0.717) is 64.1 Å². The summed E-state index contributed by atoms with van der Waals surface area (Å²) in [4.78, 5) is 27.8. The molecule has 2 aliphatic rings. The van der Waals surface area contributed by atoms with Crippen LogP contribution in [0, 0.1) is 0 Å². The quantitative estimate of drug-likeness (QED) is 0.716. The molecule has 3 rings (SSSR count). The monoisotopic (exact) mass is 364 g/mol. The molecule has 2 saturated heterocycles. The van der Waals surface area contributed by atoms with E-state index < -0.39 is 0 Å². The van der Waals surface area contributed by atoms with E-state index >= 15 is 0 Å². The van der Waals surface area contributed by atoms with Gasteiger partial charge in [-0.2, -0.15) is 0 Å². The molecule has 0 bridgehead atoms. The SMILES string of the molecule is O=C(COc1ccccc1OCC(=O)N1CCOCC1)N1CCOCC1. The number of carbonyl (C=O) groups excluding carboxylic acids is 2. The number of morpholine rings is 2. The largest absolute Gasteiger partial charge is 0.480 e. The molecule has 142 valence electrons. The zero-order valence-electron chi connectivity index (χ0n) is 14.7. The second-order valence-corrected chi connectivity index (χ2v) is 6.01. The lowest BCUT2D eigenvalue weighted by Crippen LogP contribution is -2.43. The molecule has 0 spiro atoms. The van der Waals surface area contributed by atoms with Crippen LogP contribution in [0.4, 0.5) is 0 Å². The average Bonchev–Trinajstić information content (AvgIpc) is 2.72. The van der Waals surface area contributed by atoms with Gasteiger partial charge in [0, 0.05) is 26.2 Å². The molecule has 1 aromatic carbocycles. The molecule has 2 amide bonds. The Hall–Kier alpha value is -2.32. The summed E-state index contributed by atoms with van der Waals surface area (Å²) < 4.78 is 21.7. The fourth-order valence-corrected chi connectivity index (χ4v) is 2.78. The lowest BCUT2D eigenvalue weighted by Gasteiger charge is -2.27. The van der Waals surface area contributed by atoms with Gasteiger partial charge in [-0.1, -0.05) is 12.1 Å². The molecule has 8 heteroatoms. The number of benzene rings is 1. The first kappa shape index (κ1) is 18.5. The summed E-state index contributed by atoms with van der Waals surface area (Å²) in [5.41, 5.74) is 0. The number of ether oxygens (including phenoxy) is 4. The normalized spacial score (nSPS) is 17.7. The van der Waals surface area contributed by atoms with Crippen LogP contribution >= 0.6 is 0 Å². The molecule has 2 heterocycles. The molecule has 0 atom stereocenters. The molecular formula is C18H24N2O6. The lowest BCUT2D eigenvalue weighted by atomic mass is 10.3. The van der Waals surface area contributed by atoms with Crippen LogP contribution in [0.15, 0.2) is 24.3 Å². The summed E-state index contributed by atoms with van der Waals surface area (Å²) in [6.07, 6.45) is 0. The van der Waals surface area contributed by atoms with Crippen molar-refractivity contribution in [2.45, 2.75) is 0 Å². The summed E-state index contributed by atoms with van der Waals surface area (Å²) in [6, 6.07) is 7.04. The lowest BCUT2D eigenvalue weighted by molar-refractivity contribution is -0.138. The number of amides is 2. The Labute approximate surface area is 152 Å². The second kappa shape index (κ2) is 9.40. The number of para-hydroxylation sites is 2. The Morgan fingerprint density at radius 2 is 1.15 bits per heavy atom. The number of rotatable bonds is 6. The minimum atomic E-state index is -0.0903. The van der Waals surface area contributed by atoms with Crippen LogP contribution < -0.4 is 9.47 Å². The van der Waals surface area contributed by atoms with E-state index in [9.17, 15) is 9.59 Å². The van der Waals surface area contributed by atoms with Gasteiger partial charge >= 0.3 is 0 Å². The predicted octanol–water partition coefficient (Wildman–Crippen LogP) is 0.162. The van der Waals surface area contributed by atoms with Crippen LogP contribution in [0.25, 0.3) is 0 Å². The Balaban J connectivity index is 1.50. The summed E-state index contributed by atoms with van der Waals surface area (Å²) in [5, 5.41) is 0. The Kier molecular flexibility index (Phi) is 6.68. The van der Waals surface area contributed by atoms with E-state index in [0.717, 1.165) is 0 Å². The highest BCUT2D eigenvalue weighted by molar-refractivity contribution is 5.78. The van der Waals surface area contributed by atoms with Gasteiger partial charge in [-0.3, -0.25) is 9.59 Å². The van der Waals surface area contributed by atoms with E-state index in [4.69, 9.17) is 18.9 Å². The third-order valence-corrected chi connectivity index (χ3v) is 4.28. The van der Waals surface area contributed by atoms with E-state index in [1.165, 1.54) is 0 Å².